The van der Waals surface area contributed by atoms with Gasteiger partial charge in [0, 0.05) is 11.9 Å². The van der Waals surface area contributed by atoms with Gasteiger partial charge in [0.2, 0.25) is 0 Å². The fraction of sp³-hybridized carbons (Fsp3) is 0.235. The molecule has 4 aromatic rings. The fourth-order valence-electron chi connectivity index (χ4n) is 3.51. The molecule has 0 amide bonds. The van der Waals surface area contributed by atoms with E-state index in [1.807, 2.05) is 18.3 Å². The van der Waals surface area contributed by atoms with E-state index in [-0.39, 0.29) is 0 Å². The highest BCUT2D eigenvalue weighted by Gasteiger charge is 2.20. The van der Waals surface area contributed by atoms with Crippen LogP contribution in [0.15, 0.2) is 30.9 Å². The zero-order valence-corrected chi connectivity index (χ0v) is 13.6. The Kier molecular flexibility index (Phi) is 2.99. The number of H-pyrrole nitrogens is 1. The van der Waals surface area contributed by atoms with Crippen molar-refractivity contribution in [2.24, 2.45) is 0 Å². The SMILES string of the molecule is Clc1c(Nc2ncnc3[nH]c4c(c23)CCCC4)ccn2nccc12. The van der Waals surface area contributed by atoms with Gasteiger partial charge in [0.05, 0.1) is 27.8 Å². The van der Waals surface area contributed by atoms with Crippen LogP contribution in [-0.2, 0) is 12.8 Å². The highest BCUT2D eigenvalue weighted by Crippen LogP contribution is 2.35. The summed E-state index contributed by atoms with van der Waals surface area (Å²) in [6.45, 7) is 0. The van der Waals surface area contributed by atoms with Gasteiger partial charge in [-0.05, 0) is 43.4 Å². The molecule has 24 heavy (non-hydrogen) atoms. The summed E-state index contributed by atoms with van der Waals surface area (Å²) >= 11 is 6.53. The summed E-state index contributed by atoms with van der Waals surface area (Å²) in [4.78, 5) is 12.3. The summed E-state index contributed by atoms with van der Waals surface area (Å²) in [6.07, 6.45) is 9.76. The molecule has 1 aliphatic rings. The molecule has 7 heteroatoms. The molecule has 2 N–H and O–H groups in total. The Balaban J connectivity index is 1.66. The Morgan fingerprint density at radius 1 is 1.17 bits per heavy atom. The van der Waals surface area contributed by atoms with E-state index < -0.39 is 0 Å². The van der Waals surface area contributed by atoms with E-state index in [4.69, 9.17) is 11.6 Å². The third kappa shape index (κ3) is 1.99. The van der Waals surface area contributed by atoms with Crippen molar-refractivity contribution in [3.8, 4) is 0 Å². The normalized spacial score (nSPS) is 14.2. The van der Waals surface area contributed by atoms with E-state index >= 15 is 0 Å². The smallest absolute Gasteiger partial charge is 0.143 e. The molecule has 0 aliphatic heterocycles. The second-order valence-corrected chi connectivity index (χ2v) is 6.44. The number of nitrogens with zero attached hydrogens (tertiary/aromatic N) is 4. The molecule has 0 aromatic carbocycles. The van der Waals surface area contributed by atoms with Crippen molar-refractivity contribution in [3.05, 3.63) is 47.1 Å². The standard InChI is InChI=1S/C17H15ClN6/c18-15-12(6-8-24-13(15)5-7-21-24)23-17-14-10-3-1-2-4-11(10)22-16(14)19-9-20-17/h5-9H,1-4H2,(H2,19,20,22,23). The van der Waals surface area contributed by atoms with Crippen molar-refractivity contribution in [1.82, 2.24) is 24.6 Å². The van der Waals surface area contributed by atoms with E-state index in [1.54, 1.807) is 17.0 Å². The number of nitrogens with one attached hydrogen (secondary N) is 2. The first-order valence-corrected chi connectivity index (χ1v) is 8.42. The van der Waals surface area contributed by atoms with Crippen LogP contribution in [0.25, 0.3) is 16.6 Å². The lowest BCUT2D eigenvalue weighted by Crippen LogP contribution is -2.02. The maximum absolute atomic E-state index is 6.53. The number of hydrogen-bond acceptors (Lipinski definition) is 4. The molecule has 5 rings (SSSR count). The Morgan fingerprint density at radius 3 is 3.04 bits per heavy atom. The number of aryl methyl sites for hydroxylation is 2. The maximum atomic E-state index is 6.53. The number of anilines is 2. The Bertz CT molecular complexity index is 1060. The van der Waals surface area contributed by atoms with Crippen LogP contribution in [0.5, 0.6) is 0 Å². The summed E-state index contributed by atoms with van der Waals surface area (Å²) in [5.74, 6) is 0.796. The van der Waals surface area contributed by atoms with Gasteiger partial charge < -0.3 is 10.3 Å². The molecule has 1 aliphatic carbocycles. The lowest BCUT2D eigenvalue weighted by molar-refractivity contribution is 0.680. The lowest BCUT2D eigenvalue weighted by atomic mass is 9.96. The third-order valence-corrected chi connectivity index (χ3v) is 5.05. The molecule has 4 heterocycles. The van der Waals surface area contributed by atoms with Crippen molar-refractivity contribution in [1.29, 1.82) is 0 Å². The Morgan fingerprint density at radius 2 is 2.08 bits per heavy atom. The summed E-state index contributed by atoms with van der Waals surface area (Å²) in [6, 6.07) is 3.80. The third-order valence-electron chi connectivity index (χ3n) is 4.65. The van der Waals surface area contributed by atoms with Crippen LogP contribution in [0.3, 0.4) is 0 Å². The van der Waals surface area contributed by atoms with Crippen LogP contribution < -0.4 is 5.32 Å². The first kappa shape index (κ1) is 13.8. The van der Waals surface area contributed by atoms with Gasteiger partial charge in [-0.15, -0.1) is 0 Å². The quantitative estimate of drug-likeness (QED) is 0.582. The summed E-state index contributed by atoms with van der Waals surface area (Å²) < 4.78 is 1.75. The van der Waals surface area contributed by atoms with Crippen LogP contribution in [0.4, 0.5) is 11.5 Å². The summed E-state index contributed by atoms with van der Waals surface area (Å²) in [5, 5.41) is 9.30. The number of rotatable bonds is 2. The van der Waals surface area contributed by atoms with Gasteiger partial charge in [0.15, 0.2) is 0 Å². The average molecular weight is 339 g/mol. The van der Waals surface area contributed by atoms with Crippen LogP contribution >= 0.6 is 11.6 Å². The first-order valence-electron chi connectivity index (χ1n) is 8.04. The van der Waals surface area contributed by atoms with Crippen molar-refractivity contribution < 1.29 is 0 Å². The predicted molar refractivity (Wildman–Crippen MR) is 94.0 cm³/mol. The Hall–Kier alpha value is -2.60. The number of halogens is 1. The molecule has 6 nitrogen and oxygen atoms in total. The van der Waals surface area contributed by atoms with E-state index in [2.05, 4.69) is 25.4 Å². The van der Waals surface area contributed by atoms with Crippen molar-refractivity contribution in [3.63, 3.8) is 0 Å². The molecular formula is C17H15ClN6. The zero-order chi connectivity index (χ0) is 16.1. The number of pyridine rings is 1. The molecule has 4 aromatic heterocycles. The molecule has 0 radical (unpaired) electrons. The van der Waals surface area contributed by atoms with E-state index in [0.717, 1.165) is 40.9 Å². The molecule has 0 bridgehead atoms. The van der Waals surface area contributed by atoms with Gasteiger partial charge in [0.25, 0.3) is 0 Å². The zero-order valence-electron chi connectivity index (χ0n) is 12.9. The van der Waals surface area contributed by atoms with Crippen LogP contribution in [0.1, 0.15) is 24.1 Å². The van der Waals surface area contributed by atoms with E-state index in [1.165, 1.54) is 24.1 Å². The van der Waals surface area contributed by atoms with Gasteiger partial charge in [-0.3, -0.25) is 0 Å². The fourth-order valence-corrected chi connectivity index (χ4v) is 3.77. The second kappa shape index (κ2) is 5.21. The predicted octanol–water partition coefficient (Wildman–Crippen LogP) is 3.88. The minimum Gasteiger partial charge on any atom is -0.343 e. The van der Waals surface area contributed by atoms with Crippen molar-refractivity contribution in [2.75, 3.05) is 5.32 Å². The average Bonchev–Trinajstić information content (AvgIpc) is 3.22. The second-order valence-electron chi connectivity index (χ2n) is 6.06. The van der Waals surface area contributed by atoms with E-state index in [0.29, 0.717) is 5.02 Å². The first-order chi connectivity index (χ1) is 11.8. The van der Waals surface area contributed by atoms with E-state index in [9.17, 15) is 0 Å². The highest BCUT2D eigenvalue weighted by molar-refractivity contribution is 6.36. The minimum absolute atomic E-state index is 0.631. The molecule has 0 saturated heterocycles. The van der Waals surface area contributed by atoms with Crippen molar-refractivity contribution >= 4 is 39.7 Å². The molecule has 0 spiro atoms. The monoisotopic (exact) mass is 338 g/mol. The Labute approximate surface area is 142 Å². The number of aromatic nitrogens is 5. The van der Waals surface area contributed by atoms with Gasteiger partial charge in [-0.1, -0.05) is 11.6 Å². The summed E-state index contributed by atoms with van der Waals surface area (Å²) in [5.41, 5.74) is 5.19. The van der Waals surface area contributed by atoms with Gasteiger partial charge in [-0.25, -0.2) is 14.5 Å². The van der Waals surface area contributed by atoms with Gasteiger partial charge in [0.1, 0.15) is 17.8 Å². The molecule has 0 saturated carbocycles. The minimum atomic E-state index is 0.631. The number of hydrogen-bond donors (Lipinski definition) is 2. The highest BCUT2D eigenvalue weighted by atomic mass is 35.5. The van der Waals surface area contributed by atoms with Crippen molar-refractivity contribution in [2.45, 2.75) is 25.7 Å². The lowest BCUT2D eigenvalue weighted by Gasteiger charge is -2.13. The molecule has 120 valence electrons. The largest absolute Gasteiger partial charge is 0.343 e. The van der Waals surface area contributed by atoms with Crippen LogP contribution in [-0.4, -0.2) is 24.6 Å². The van der Waals surface area contributed by atoms with Crippen LogP contribution in [0.2, 0.25) is 5.02 Å². The van der Waals surface area contributed by atoms with Gasteiger partial charge in [-0.2, -0.15) is 5.10 Å². The number of aromatic amines is 1. The molecule has 0 atom stereocenters. The van der Waals surface area contributed by atoms with Crippen LogP contribution in [0, 0.1) is 0 Å². The molecule has 0 fully saturated rings. The maximum Gasteiger partial charge on any atom is 0.143 e. The molecular weight excluding hydrogens is 324 g/mol. The van der Waals surface area contributed by atoms with Gasteiger partial charge >= 0.3 is 0 Å². The topological polar surface area (TPSA) is 70.9 Å². The summed E-state index contributed by atoms with van der Waals surface area (Å²) in [7, 11) is 0. The molecule has 0 unspecified atom stereocenters. The number of fused-ring (bicyclic) bond motifs is 4.